The molecule has 0 spiro atoms. The lowest BCUT2D eigenvalue weighted by atomic mass is 9.86. The van der Waals surface area contributed by atoms with Crippen LogP contribution in [0.1, 0.15) is 73.2 Å². The van der Waals surface area contributed by atoms with Crippen molar-refractivity contribution in [1.29, 1.82) is 0 Å². The van der Waals surface area contributed by atoms with Gasteiger partial charge < -0.3 is 9.84 Å². The number of aromatic nitrogens is 3. The van der Waals surface area contributed by atoms with Crippen molar-refractivity contribution in [3.63, 3.8) is 0 Å². The van der Waals surface area contributed by atoms with Crippen molar-refractivity contribution < 1.29 is 27.8 Å². The Bertz CT molecular complexity index is 1140. The molecule has 2 aromatic heterocycles. The van der Waals surface area contributed by atoms with Gasteiger partial charge in [0.25, 0.3) is 0 Å². The van der Waals surface area contributed by atoms with Crippen molar-refractivity contribution in [3.05, 3.63) is 71.2 Å². The molecule has 9 heteroatoms. The molecule has 1 N–H and O–H groups in total. The number of carboxylic acids is 1. The molecule has 1 aliphatic carbocycles. The standard InChI is InChI=1S/C26H28F3N3O3/c27-26(28,29)21-12-13-23(30-15-21)32-16-20(25(31-32)19-8-2-1-3-9-19)17-35-22-10-4-6-18(14-22)7-5-11-24(33)34/h4,6,10,12-16,19H,1-3,5,7-9,11,17H2,(H,33,34). The molecule has 1 aliphatic rings. The van der Waals surface area contributed by atoms with Crippen LogP contribution in [-0.4, -0.2) is 25.8 Å². The summed E-state index contributed by atoms with van der Waals surface area (Å²) in [4.78, 5) is 14.7. The highest BCUT2D eigenvalue weighted by Gasteiger charge is 2.31. The molecular formula is C26H28F3N3O3. The van der Waals surface area contributed by atoms with Gasteiger partial charge in [0, 0.05) is 30.3 Å². The summed E-state index contributed by atoms with van der Waals surface area (Å²) in [5.74, 6) is 0.460. The van der Waals surface area contributed by atoms with Gasteiger partial charge in [-0.15, -0.1) is 0 Å². The Kier molecular flexibility index (Phi) is 7.73. The van der Waals surface area contributed by atoms with Gasteiger partial charge in [0.15, 0.2) is 5.82 Å². The van der Waals surface area contributed by atoms with E-state index in [0.717, 1.165) is 54.8 Å². The molecule has 186 valence electrons. The van der Waals surface area contributed by atoms with Crippen LogP contribution in [0.25, 0.3) is 5.82 Å². The van der Waals surface area contributed by atoms with Gasteiger partial charge in [-0.2, -0.15) is 18.3 Å². The summed E-state index contributed by atoms with van der Waals surface area (Å²) in [6.45, 7) is 0.269. The van der Waals surface area contributed by atoms with Crippen molar-refractivity contribution in [2.24, 2.45) is 0 Å². The molecule has 4 rings (SSSR count). The second-order valence-corrected chi connectivity index (χ2v) is 8.91. The highest BCUT2D eigenvalue weighted by Crippen LogP contribution is 2.35. The summed E-state index contributed by atoms with van der Waals surface area (Å²) in [5.41, 5.74) is 1.99. The highest BCUT2D eigenvalue weighted by molar-refractivity contribution is 5.66. The zero-order chi connectivity index (χ0) is 24.8. The molecule has 0 radical (unpaired) electrons. The molecule has 6 nitrogen and oxygen atoms in total. The normalized spacial score (nSPS) is 14.7. The number of hydrogen-bond acceptors (Lipinski definition) is 4. The number of halogens is 3. The molecular weight excluding hydrogens is 459 g/mol. The maximum absolute atomic E-state index is 12.9. The highest BCUT2D eigenvalue weighted by atomic mass is 19.4. The molecule has 0 saturated heterocycles. The lowest BCUT2D eigenvalue weighted by Crippen LogP contribution is -2.09. The van der Waals surface area contributed by atoms with Gasteiger partial charge >= 0.3 is 12.1 Å². The van der Waals surface area contributed by atoms with Gasteiger partial charge in [-0.05, 0) is 55.5 Å². The Morgan fingerprint density at radius 2 is 1.94 bits per heavy atom. The number of benzene rings is 1. The summed E-state index contributed by atoms with van der Waals surface area (Å²) in [6, 6.07) is 9.91. The summed E-state index contributed by atoms with van der Waals surface area (Å²) < 4.78 is 46.4. The first-order valence-electron chi connectivity index (χ1n) is 11.8. The fraction of sp³-hybridized carbons (Fsp3) is 0.423. The second kappa shape index (κ2) is 10.9. The summed E-state index contributed by atoms with van der Waals surface area (Å²) in [6.07, 6.45) is 4.96. The van der Waals surface area contributed by atoms with E-state index in [9.17, 15) is 18.0 Å². The number of ether oxygens (including phenoxy) is 1. The predicted molar refractivity (Wildman–Crippen MR) is 124 cm³/mol. The third kappa shape index (κ3) is 6.61. The van der Waals surface area contributed by atoms with Crippen LogP contribution in [0.3, 0.4) is 0 Å². The number of rotatable bonds is 9. The predicted octanol–water partition coefficient (Wildman–Crippen LogP) is 6.32. The molecule has 0 amide bonds. The summed E-state index contributed by atoms with van der Waals surface area (Å²) >= 11 is 0. The number of alkyl halides is 3. The van der Waals surface area contributed by atoms with Crippen LogP contribution in [0.2, 0.25) is 0 Å². The van der Waals surface area contributed by atoms with Crippen molar-refractivity contribution >= 4 is 5.97 Å². The number of hydrogen-bond donors (Lipinski definition) is 1. The van der Waals surface area contributed by atoms with E-state index in [4.69, 9.17) is 14.9 Å². The third-order valence-electron chi connectivity index (χ3n) is 6.27. The average molecular weight is 488 g/mol. The fourth-order valence-electron chi connectivity index (χ4n) is 4.46. The Labute approximate surface area is 201 Å². The molecule has 3 aromatic rings. The van der Waals surface area contributed by atoms with E-state index in [-0.39, 0.29) is 18.9 Å². The molecule has 2 heterocycles. The van der Waals surface area contributed by atoms with Crippen LogP contribution in [0.5, 0.6) is 5.75 Å². The van der Waals surface area contributed by atoms with Crippen LogP contribution < -0.4 is 4.74 Å². The van der Waals surface area contributed by atoms with Crippen LogP contribution in [-0.2, 0) is 24.0 Å². The van der Waals surface area contributed by atoms with E-state index >= 15 is 0 Å². The van der Waals surface area contributed by atoms with Crippen molar-refractivity contribution in [3.8, 4) is 11.6 Å². The minimum atomic E-state index is -4.44. The van der Waals surface area contributed by atoms with E-state index in [2.05, 4.69) is 4.98 Å². The van der Waals surface area contributed by atoms with Crippen molar-refractivity contribution in [2.75, 3.05) is 0 Å². The molecule has 0 atom stereocenters. The smallest absolute Gasteiger partial charge is 0.417 e. The fourth-order valence-corrected chi connectivity index (χ4v) is 4.46. The SMILES string of the molecule is O=C(O)CCCc1cccc(OCc2cn(-c3ccc(C(F)(F)F)cn3)nc2C2CCCCC2)c1. The van der Waals surface area contributed by atoms with Crippen molar-refractivity contribution in [1.82, 2.24) is 14.8 Å². The van der Waals surface area contributed by atoms with Gasteiger partial charge in [-0.3, -0.25) is 4.79 Å². The number of pyridine rings is 1. The number of aliphatic carboxylic acids is 1. The lowest BCUT2D eigenvalue weighted by Gasteiger charge is -2.21. The van der Waals surface area contributed by atoms with Gasteiger partial charge in [0.1, 0.15) is 12.4 Å². The van der Waals surface area contributed by atoms with Crippen LogP contribution in [0.4, 0.5) is 13.2 Å². The maximum Gasteiger partial charge on any atom is 0.417 e. The number of carbonyl (C=O) groups is 1. The molecule has 1 aromatic carbocycles. The lowest BCUT2D eigenvalue weighted by molar-refractivity contribution is -0.138. The second-order valence-electron chi connectivity index (χ2n) is 8.91. The Morgan fingerprint density at radius 3 is 2.63 bits per heavy atom. The zero-order valence-corrected chi connectivity index (χ0v) is 19.3. The van der Waals surface area contributed by atoms with E-state index in [0.29, 0.717) is 24.4 Å². The first-order valence-corrected chi connectivity index (χ1v) is 11.8. The van der Waals surface area contributed by atoms with Gasteiger partial charge in [-0.1, -0.05) is 31.4 Å². The van der Waals surface area contributed by atoms with E-state index in [1.807, 2.05) is 24.3 Å². The molecule has 35 heavy (non-hydrogen) atoms. The quantitative estimate of drug-likeness (QED) is 0.382. The van der Waals surface area contributed by atoms with E-state index < -0.39 is 17.7 Å². The number of nitrogens with zero attached hydrogens (tertiary/aromatic N) is 3. The average Bonchev–Trinajstić information content (AvgIpc) is 3.27. The van der Waals surface area contributed by atoms with Gasteiger partial charge in [-0.25, -0.2) is 9.67 Å². The van der Waals surface area contributed by atoms with Crippen molar-refractivity contribution in [2.45, 2.75) is 70.1 Å². The molecule has 0 aliphatic heterocycles. The van der Waals surface area contributed by atoms with Gasteiger partial charge in [0.2, 0.25) is 0 Å². The van der Waals surface area contributed by atoms with Crippen LogP contribution in [0.15, 0.2) is 48.8 Å². The Balaban J connectivity index is 1.52. The van der Waals surface area contributed by atoms with E-state index in [1.54, 1.807) is 6.20 Å². The largest absolute Gasteiger partial charge is 0.489 e. The minimum absolute atomic E-state index is 0.118. The Morgan fingerprint density at radius 1 is 1.14 bits per heavy atom. The molecule has 0 bridgehead atoms. The Hall–Kier alpha value is -3.36. The third-order valence-corrected chi connectivity index (χ3v) is 6.27. The van der Waals surface area contributed by atoms with Crippen LogP contribution in [0, 0.1) is 0 Å². The molecule has 1 fully saturated rings. The van der Waals surface area contributed by atoms with E-state index in [1.165, 1.54) is 17.2 Å². The molecule has 0 unspecified atom stereocenters. The zero-order valence-electron chi connectivity index (χ0n) is 19.3. The first-order chi connectivity index (χ1) is 16.8. The monoisotopic (exact) mass is 487 g/mol. The summed E-state index contributed by atoms with van der Waals surface area (Å²) in [5, 5.41) is 13.6. The van der Waals surface area contributed by atoms with Crippen LogP contribution >= 0.6 is 0 Å². The first kappa shape index (κ1) is 24.8. The molecule has 1 saturated carbocycles. The summed E-state index contributed by atoms with van der Waals surface area (Å²) in [7, 11) is 0. The number of aryl methyl sites for hydroxylation is 1. The minimum Gasteiger partial charge on any atom is -0.489 e. The maximum atomic E-state index is 12.9. The van der Waals surface area contributed by atoms with Gasteiger partial charge in [0.05, 0.1) is 11.3 Å². The topological polar surface area (TPSA) is 77.2 Å². The number of carboxylic acid groups (broad SMARTS) is 1.